The van der Waals surface area contributed by atoms with Gasteiger partial charge in [0, 0.05) is 25.2 Å². The third-order valence-corrected chi connectivity index (χ3v) is 8.18. The molecule has 2 aromatic carbocycles. The largest absolute Gasteiger partial charge is 0.307 e. The Morgan fingerprint density at radius 2 is 1.70 bits per heavy atom. The van der Waals surface area contributed by atoms with E-state index in [4.69, 9.17) is 5.14 Å². The number of aromatic nitrogens is 1. The van der Waals surface area contributed by atoms with Crippen LogP contribution in [-0.2, 0) is 33.0 Å². The summed E-state index contributed by atoms with van der Waals surface area (Å²) in [5, 5.41) is 7.79. The van der Waals surface area contributed by atoms with Crippen molar-refractivity contribution in [1.29, 1.82) is 0 Å². The van der Waals surface area contributed by atoms with Gasteiger partial charge in [0.15, 0.2) is 0 Å². The second kappa shape index (κ2) is 8.67. The monoisotopic (exact) mass is 486 g/mol. The minimum Gasteiger partial charge on any atom is -0.307 e. The third kappa shape index (κ3) is 4.81. The van der Waals surface area contributed by atoms with E-state index in [0.29, 0.717) is 12.1 Å². The highest BCUT2D eigenvalue weighted by Gasteiger charge is 2.29. The fourth-order valence-electron chi connectivity index (χ4n) is 3.61. The number of carbonyl (C=O) groups excluding carboxylic acids is 1. The van der Waals surface area contributed by atoms with E-state index < -0.39 is 26.0 Å². The van der Waals surface area contributed by atoms with Crippen LogP contribution in [0.1, 0.15) is 27.2 Å². The van der Waals surface area contributed by atoms with Gasteiger partial charge in [-0.05, 0) is 42.8 Å². The van der Waals surface area contributed by atoms with Gasteiger partial charge in [-0.3, -0.25) is 4.79 Å². The number of hydrogen-bond donors (Lipinski definition) is 2. The fraction of sp³-hybridized carbons (Fsp3) is 0.182. The Balaban J connectivity index is 1.53. The number of rotatable bonds is 5. The predicted molar refractivity (Wildman–Crippen MR) is 122 cm³/mol. The van der Waals surface area contributed by atoms with Crippen molar-refractivity contribution < 1.29 is 21.6 Å². The summed E-state index contributed by atoms with van der Waals surface area (Å²) < 4.78 is 50.9. The fourth-order valence-corrected chi connectivity index (χ4v) is 5.76. The van der Waals surface area contributed by atoms with Crippen molar-refractivity contribution in [3.8, 4) is 0 Å². The van der Waals surface area contributed by atoms with Crippen LogP contribution >= 0.6 is 0 Å². The number of hydrogen-bond acceptors (Lipinski definition) is 6. The quantitative estimate of drug-likeness (QED) is 0.566. The molecule has 1 amide bonds. The summed E-state index contributed by atoms with van der Waals surface area (Å²) in [5.74, 6) is -0.427. The Morgan fingerprint density at radius 1 is 1.00 bits per heavy atom. The summed E-state index contributed by atoms with van der Waals surface area (Å²) in [5.41, 5.74) is 2.29. The van der Waals surface area contributed by atoms with Crippen molar-refractivity contribution in [2.75, 3.05) is 11.9 Å². The van der Waals surface area contributed by atoms with Gasteiger partial charge in [-0.2, -0.15) is 4.31 Å². The lowest BCUT2D eigenvalue weighted by Crippen LogP contribution is -2.36. The van der Waals surface area contributed by atoms with Crippen LogP contribution in [0.25, 0.3) is 0 Å². The smallest absolute Gasteiger partial charge is 0.258 e. The maximum Gasteiger partial charge on any atom is 0.258 e. The summed E-state index contributed by atoms with van der Waals surface area (Å²) in [4.78, 5) is 17.1. The van der Waals surface area contributed by atoms with E-state index in [0.717, 1.165) is 11.1 Å². The molecule has 11 heteroatoms. The molecule has 9 nitrogen and oxygen atoms in total. The Bertz CT molecular complexity index is 1440. The first-order valence-corrected chi connectivity index (χ1v) is 13.0. The molecular formula is C22H22N4O5S2. The van der Waals surface area contributed by atoms with Crippen LogP contribution in [0, 0.1) is 6.92 Å². The van der Waals surface area contributed by atoms with Crippen LogP contribution in [-0.4, -0.2) is 38.6 Å². The predicted octanol–water partition coefficient (Wildman–Crippen LogP) is 2.04. The molecule has 0 aliphatic carbocycles. The van der Waals surface area contributed by atoms with Gasteiger partial charge in [-0.25, -0.2) is 27.0 Å². The number of nitrogens with two attached hydrogens (primary N) is 1. The lowest BCUT2D eigenvalue weighted by molar-refractivity contribution is 0.102. The number of fused-ring (bicyclic) bond motifs is 1. The summed E-state index contributed by atoms with van der Waals surface area (Å²) in [7, 11) is -7.71. The average Bonchev–Trinajstić information content (AvgIpc) is 2.78. The van der Waals surface area contributed by atoms with Gasteiger partial charge in [0.25, 0.3) is 5.91 Å². The van der Waals surface area contributed by atoms with Gasteiger partial charge in [-0.1, -0.05) is 35.9 Å². The molecule has 1 aromatic heterocycles. The molecule has 0 atom stereocenters. The van der Waals surface area contributed by atoms with Crippen molar-refractivity contribution in [3.63, 3.8) is 0 Å². The van der Waals surface area contributed by atoms with E-state index in [2.05, 4.69) is 10.3 Å². The Morgan fingerprint density at radius 3 is 2.39 bits per heavy atom. The van der Waals surface area contributed by atoms with Crippen molar-refractivity contribution in [2.45, 2.75) is 29.7 Å². The molecule has 1 aliphatic heterocycles. The van der Waals surface area contributed by atoms with Crippen LogP contribution in [0.4, 0.5) is 5.82 Å². The molecule has 172 valence electrons. The van der Waals surface area contributed by atoms with E-state index in [9.17, 15) is 21.6 Å². The van der Waals surface area contributed by atoms with Crippen molar-refractivity contribution in [2.24, 2.45) is 5.14 Å². The van der Waals surface area contributed by atoms with E-state index >= 15 is 0 Å². The van der Waals surface area contributed by atoms with Crippen LogP contribution < -0.4 is 10.5 Å². The second-order valence-corrected chi connectivity index (χ2v) is 11.2. The minimum absolute atomic E-state index is 0.0881. The Labute approximate surface area is 192 Å². The molecule has 3 N–H and O–H groups in total. The van der Waals surface area contributed by atoms with Gasteiger partial charge in [0.1, 0.15) is 5.82 Å². The summed E-state index contributed by atoms with van der Waals surface area (Å²) >= 11 is 0. The van der Waals surface area contributed by atoms with Crippen molar-refractivity contribution in [3.05, 3.63) is 83.0 Å². The van der Waals surface area contributed by atoms with E-state index in [1.807, 2.05) is 6.92 Å². The number of sulfonamides is 2. The highest BCUT2D eigenvalue weighted by atomic mass is 32.2. The first-order chi connectivity index (χ1) is 15.6. The molecule has 0 bridgehead atoms. The molecule has 0 saturated carbocycles. The molecule has 2 heterocycles. The van der Waals surface area contributed by atoms with Gasteiger partial charge in [0.05, 0.1) is 15.4 Å². The molecule has 0 saturated heterocycles. The van der Waals surface area contributed by atoms with Gasteiger partial charge in [0.2, 0.25) is 20.0 Å². The van der Waals surface area contributed by atoms with Crippen molar-refractivity contribution >= 4 is 31.8 Å². The minimum atomic E-state index is -4.07. The molecule has 3 aromatic rings. The number of carbonyl (C=O) groups is 1. The normalized spacial score (nSPS) is 14.5. The molecule has 0 radical (unpaired) electrons. The molecule has 1 aliphatic rings. The lowest BCUT2D eigenvalue weighted by Gasteiger charge is -2.27. The van der Waals surface area contributed by atoms with Crippen LogP contribution in [0.15, 0.2) is 70.5 Å². The highest BCUT2D eigenvalue weighted by molar-refractivity contribution is 7.89. The molecule has 0 spiro atoms. The number of amides is 1. The summed E-state index contributed by atoms with van der Waals surface area (Å²) in [6.45, 7) is 2.31. The SMILES string of the molecule is Cc1ccc(S(=O)(=O)N2CCc3nc(NC(=O)c4ccccc4S(N)(=O)=O)ccc3C2)cc1. The average molecular weight is 487 g/mol. The molecule has 33 heavy (non-hydrogen) atoms. The Hall–Kier alpha value is -3.12. The zero-order chi connectivity index (χ0) is 23.8. The third-order valence-electron chi connectivity index (χ3n) is 5.35. The molecule has 0 unspecified atom stereocenters. The van der Waals surface area contributed by atoms with E-state index in [-0.39, 0.29) is 34.3 Å². The zero-order valence-electron chi connectivity index (χ0n) is 17.7. The lowest BCUT2D eigenvalue weighted by atomic mass is 10.1. The number of nitrogens with one attached hydrogen (secondary N) is 1. The molecule has 4 rings (SSSR count). The number of primary sulfonamides is 1. The van der Waals surface area contributed by atoms with Crippen LogP contribution in [0.3, 0.4) is 0 Å². The van der Waals surface area contributed by atoms with Crippen molar-refractivity contribution in [1.82, 2.24) is 9.29 Å². The first kappa shape index (κ1) is 23.1. The molecule has 0 fully saturated rings. The number of anilines is 1. The standard InChI is InChI=1S/C22H22N4O5S2/c1-15-6-9-17(10-7-15)33(30,31)26-13-12-19-16(14-26)8-11-21(24-19)25-22(27)18-4-2-3-5-20(18)32(23,28)29/h2-11H,12-14H2,1H3,(H2,23,28,29)(H,24,25,27). The highest BCUT2D eigenvalue weighted by Crippen LogP contribution is 2.26. The van der Waals surface area contributed by atoms with Crippen LogP contribution in [0.5, 0.6) is 0 Å². The summed E-state index contributed by atoms with van der Waals surface area (Å²) in [6, 6.07) is 15.6. The molecular weight excluding hydrogens is 464 g/mol. The van der Waals surface area contributed by atoms with E-state index in [1.54, 1.807) is 36.4 Å². The zero-order valence-corrected chi connectivity index (χ0v) is 19.4. The first-order valence-electron chi connectivity index (χ1n) is 10.0. The maximum absolute atomic E-state index is 13.0. The number of benzene rings is 2. The number of aryl methyl sites for hydroxylation is 1. The van der Waals surface area contributed by atoms with Crippen LogP contribution in [0.2, 0.25) is 0 Å². The van der Waals surface area contributed by atoms with E-state index in [1.165, 1.54) is 28.6 Å². The van der Waals surface area contributed by atoms with Gasteiger partial charge in [-0.15, -0.1) is 0 Å². The Kier molecular flexibility index (Phi) is 6.06. The van der Waals surface area contributed by atoms with Gasteiger partial charge >= 0.3 is 0 Å². The second-order valence-electron chi connectivity index (χ2n) is 7.70. The topological polar surface area (TPSA) is 140 Å². The maximum atomic E-state index is 13.0. The summed E-state index contributed by atoms with van der Waals surface area (Å²) in [6.07, 6.45) is 0.373. The number of pyridine rings is 1. The number of nitrogens with zero attached hydrogens (tertiary/aromatic N) is 2. The van der Waals surface area contributed by atoms with Gasteiger partial charge < -0.3 is 5.32 Å².